The molecular formula is C62H64Cl2N6O4. The molecule has 0 spiro atoms. The number of carbonyl (C=O) groups excluding carboxylic acids is 4. The van der Waals surface area contributed by atoms with Gasteiger partial charge < -0.3 is 31.1 Å². The molecule has 10 atom stereocenters. The summed E-state index contributed by atoms with van der Waals surface area (Å²) in [6.45, 7) is 1.42. The van der Waals surface area contributed by atoms with Crippen LogP contribution in [0.15, 0.2) is 158 Å². The van der Waals surface area contributed by atoms with Crippen LogP contribution in [0.2, 0.25) is 10.0 Å². The molecule has 12 heteroatoms. The zero-order valence-electron chi connectivity index (χ0n) is 41.6. The van der Waals surface area contributed by atoms with Gasteiger partial charge in [-0.2, -0.15) is 0 Å². The summed E-state index contributed by atoms with van der Waals surface area (Å²) in [6, 6.07) is 51.0. The Hall–Kier alpha value is -6.62. The zero-order chi connectivity index (χ0) is 50.7. The predicted molar refractivity (Wildman–Crippen MR) is 293 cm³/mol. The lowest BCUT2D eigenvalue weighted by molar-refractivity contribution is -0.139. The summed E-state index contributed by atoms with van der Waals surface area (Å²) in [6.07, 6.45) is 9.15. The van der Waals surface area contributed by atoms with Gasteiger partial charge >= 0.3 is 0 Å². The molecule has 4 heterocycles. The molecule has 4 amide bonds. The smallest absolute Gasteiger partial charge is 0.251 e. The summed E-state index contributed by atoms with van der Waals surface area (Å²) in [5.74, 6) is 0.160. The van der Waals surface area contributed by atoms with E-state index in [-0.39, 0.29) is 83.6 Å². The van der Waals surface area contributed by atoms with Gasteiger partial charge in [-0.15, -0.1) is 0 Å². The SMILES string of the molecule is O=C(NC1CCCC[C@@H]1C(=O)N1CC[C@@H]2[C@H](c3ccccc3Cl)Nc3ccccc3[C@@H]21)c1ccccc1.O=C(NC1CCCC[C@@H]1C(=O)N1CC[C@H]2[C@@H](c3ccccc3Cl)Nc3ccccc3[C@H]21)c1ccccc1. The topological polar surface area (TPSA) is 123 Å². The van der Waals surface area contributed by atoms with E-state index in [0.29, 0.717) is 24.2 Å². The predicted octanol–water partition coefficient (Wildman–Crippen LogP) is 12.8. The van der Waals surface area contributed by atoms with E-state index in [4.69, 9.17) is 23.2 Å². The van der Waals surface area contributed by atoms with Crippen LogP contribution in [0.1, 0.15) is 131 Å². The van der Waals surface area contributed by atoms with Crippen molar-refractivity contribution >= 4 is 58.2 Å². The Balaban J connectivity index is 0.000000159. The highest BCUT2D eigenvalue weighted by Gasteiger charge is 2.50. The van der Waals surface area contributed by atoms with Gasteiger partial charge in [0.05, 0.1) is 36.0 Å². The molecule has 6 aromatic rings. The maximum atomic E-state index is 14.2. The van der Waals surface area contributed by atoms with Gasteiger partial charge in [0.15, 0.2) is 0 Å². The number of benzene rings is 6. The average Bonchev–Trinajstić information content (AvgIpc) is 4.11. The van der Waals surface area contributed by atoms with E-state index in [1.54, 1.807) is 0 Å². The Bertz CT molecular complexity index is 2790. The van der Waals surface area contributed by atoms with Crippen LogP contribution in [-0.2, 0) is 9.59 Å². The van der Waals surface area contributed by atoms with Crippen LogP contribution in [0.25, 0.3) is 0 Å². The second kappa shape index (κ2) is 22.1. The summed E-state index contributed by atoms with van der Waals surface area (Å²) in [5.41, 5.74) is 7.88. The van der Waals surface area contributed by atoms with Crippen LogP contribution in [0, 0.1) is 23.7 Å². The van der Waals surface area contributed by atoms with Crippen molar-refractivity contribution in [1.29, 1.82) is 0 Å². The molecule has 2 unspecified atom stereocenters. The van der Waals surface area contributed by atoms with Gasteiger partial charge in [0.25, 0.3) is 11.8 Å². The number of carbonyl (C=O) groups is 4. The molecule has 6 aromatic carbocycles. The third-order valence-corrected chi connectivity index (χ3v) is 17.5. The summed E-state index contributed by atoms with van der Waals surface area (Å²) < 4.78 is 0. The molecule has 4 fully saturated rings. The normalized spacial score (nSPS) is 26.5. The van der Waals surface area contributed by atoms with Crippen molar-refractivity contribution in [2.24, 2.45) is 23.7 Å². The highest BCUT2D eigenvalue weighted by Crippen LogP contribution is 2.54. The highest BCUT2D eigenvalue weighted by molar-refractivity contribution is 6.31. The number of nitrogens with one attached hydrogen (secondary N) is 4. The minimum Gasteiger partial charge on any atom is -0.378 e. The van der Waals surface area contributed by atoms with Crippen LogP contribution in [0.4, 0.5) is 11.4 Å². The van der Waals surface area contributed by atoms with Gasteiger partial charge in [-0.25, -0.2) is 0 Å². The van der Waals surface area contributed by atoms with E-state index in [1.165, 1.54) is 11.1 Å². The molecule has 12 rings (SSSR count). The Morgan fingerprint density at radius 2 is 0.770 bits per heavy atom. The Kier molecular flexibility index (Phi) is 14.8. The summed E-state index contributed by atoms with van der Waals surface area (Å²) in [5, 5.41) is 15.4. The molecule has 0 radical (unpaired) electrons. The first-order valence-electron chi connectivity index (χ1n) is 26.8. The molecule has 2 saturated carbocycles. The van der Waals surface area contributed by atoms with E-state index in [9.17, 15) is 19.2 Å². The van der Waals surface area contributed by atoms with Crippen molar-refractivity contribution in [1.82, 2.24) is 20.4 Å². The Labute approximate surface area is 444 Å². The van der Waals surface area contributed by atoms with Gasteiger partial charge in [-0.1, -0.05) is 158 Å². The second-order valence-electron chi connectivity index (χ2n) is 21.0. The van der Waals surface area contributed by atoms with Crippen LogP contribution >= 0.6 is 23.2 Å². The van der Waals surface area contributed by atoms with Crippen molar-refractivity contribution in [2.45, 2.75) is 100 Å². The number of rotatable bonds is 8. The van der Waals surface area contributed by atoms with Gasteiger partial charge in [-0.05, 0) is 109 Å². The first-order chi connectivity index (χ1) is 36.2. The van der Waals surface area contributed by atoms with Crippen molar-refractivity contribution in [3.05, 3.63) is 201 Å². The highest BCUT2D eigenvalue weighted by atomic mass is 35.5. The van der Waals surface area contributed by atoms with Gasteiger partial charge in [-0.3, -0.25) is 19.2 Å². The lowest BCUT2D eigenvalue weighted by atomic mass is 9.79. The quantitative estimate of drug-likeness (QED) is 0.120. The third-order valence-electron chi connectivity index (χ3n) is 16.8. The second-order valence-corrected chi connectivity index (χ2v) is 21.8. The van der Waals surface area contributed by atoms with Gasteiger partial charge in [0.1, 0.15) is 0 Å². The molecule has 74 heavy (non-hydrogen) atoms. The summed E-state index contributed by atoms with van der Waals surface area (Å²) in [7, 11) is 0. The fourth-order valence-corrected chi connectivity index (χ4v) is 13.8. The molecule has 2 aliphatic carbocycles. The molecule has 10 nitrogen and oxygen atoms in total. The van der Waals surface area contributed by atoms with Crippen molar-refractivity contribution in [3.8, 4) is 0 Å². The number of likely N-dealkylation sites (tertiary alicyclic amines) is 2. The van der Waals surface area contributed by atoms with Gasteiger partial charge in [0, 0.05) is 69.6 Å². The number of hydrogen-bond donors (Lipinski definition) is 4. The zero-order valence-corrected chi connectivity index (χ0v) is 43.1. The lowest BCUT2D eigenvalue weighted by Gasteiger charge is -2.42. The third kappa shape index (κ3) is 9.91. The molecular weight excluding hydrogens is 964 g/mol. The number of hydrogen-bond acceptors (Lipinski definition) is 6. The first-order valence-corrected chi connectivity index (χ1v) is 27.5. The molecule has 6 aliphatic rings. The van der Waals surface area contributed by atoms with E-state index in [1.807, 2.05) is 109 Å². The summed E-state index contributed by atoms with van der Waals surface area (Å²) >= 11 is 13.3. The van der Waals surface area contributed by atoms with E-state index in [2.05, 4.69) is 79.6 Å². The van der Waals surface area contributed by atoms with Crippen molar-refractivity contribution in [2.75, 3.05) is 23.7 Å². The fourth-order valence-electron chi connectivity index (χ4n) is 13.3. The number of anilines is 2. The van der Waals surface area contributed by atoms with Crippen molar-refractivity contribution in [3.63, 3.8) is 0 Å². The molecule has 380 valence electrons. The number of amides is 4. The van der Waals surface area contributed by atoms with Crippen LogP contribution in [0.5, 0.6) is 0 Å². The lowest BCUT2D eigenvalue weighted by Crippen LogP contribution is -2.50. The molecule has 0 bridgehead atoms. The Morgan fingerprint density at radius 1 is 0.419 bits per heavy atom. The maximum Gasteiger partial charge on any atom is 0.251 e. The largest absolute Gasteiger partial charge is 0.378 e. The van der Waals surface area contributed by atoms with Crippen LogP contribution in [-0.4, -0.2) is 58.6 Å². The van der Waals surface area contributed by atoms with Crippen LogP contribution in [0.3, 0.4) is 0 Å². The van der Waals surface area contributed by atoms with E-state index >= 15 is 0 Å². The molecule has 0 aromatic heterocycles. The summed E-state index contributed by atoms with van der Waals surface area (Å²) in [4.78, 5) is 58.6. The van der Waals surface area contributed by atoms with Gasteiger partial charge in [0.2, 0.25) is 11.8 Å². The minimum absolute atomic E-state index is 0.0152. The number of para-hydroxylation sites is 2. The number of nitrogens with zero attached hydrogens (tertiary/aromatic N) is 2. The number of fused-ring (bicyclic) bond motifs is 6. The van der Waals surface area contributed by atoms with E-state index < -0.39 is 0 Å². The monoisotopic (exact) mass is 1030 g/mol. The first kappa shape index (κ1) is 49.6. The standard InChI is InChI=1S/2C31H32ClN3O2/c2*32-25-15-7-4-12-21(25)28-24-18-19-35(29(24)22-13-5-8-16-26(22)33-28)31(37)23-14-6-9-17-27(23)34-30(36)20-10-2-1-3-11-20/h2*1-5,7-8,10-13,15-16,23-24,27-29,33H,6,9,14,17-19H2,(H,34,36)/t23-,24+,27?,28-,29-;23-,24-,27?,28+,29+/m00/s1. The molecule has 4 aliphatic heterocycles. The number of halogens is 2. The fraction of sp³-hybridized carbons (Fsp3) is 0.355. The van der Waals surface area contributed by atoms with Crippen LogP contribution < -0.4 is 21.3 Å². The average molecular weight is 1030 g/mol. The van der Waals surface area contributed by atoms with E-state index in [0.717, 1.165) is 96.8 Å². The maximum absolute atomic E-state index is 14.2. The van der Waals surface area contributed by atoms with Crippen molar-refractivity contribution < 1.29 is 19.2 Å². The molecule has 4 N–H and O–H groups in total. The Morgan fingerprint density at radius 3 is 1.18 bits per heavy atom. The molecule has 2 saturated heterocycles. The minimum atomic E-state index is -0.207.